The van der Waals surface area contributed by atoms with Crippen LogP contribution in [0.3, 0.4) is 0 Å². The van der Waals surface area contributed by atoms with E-state index in [-0.39, 0.29) is 21.7 Å². The first-order valence-electron chi connectivity index (χ1n) is 10.7. The van der Waals surface area contributed by atoms with E-state index in [9.17, 15) is 9.90 Å². The van der Waals surface area contributed by atoms with Gasteiger partial charge < -0.3 is 5.11 Å². The van der Waals surface area contributed by atoms with E-state index in [0.29, 0.717) is 0 Å². The Labute approximate surface area is 181 Å². The molecule has 0 aliphatic rings. The molecule has 3 N–H and O–H groups in total. The number of carboxylic acid groups (broad SMARTS) is 1. The summed E-state index contributed by atoms with van der Waals surface area (Å²) in [7, 11) is 0. The molecule has 0 spiro atoms. The highest BCUT2D eigenvalue weighted by Crippen LogP contribution is 2.44. The SMILES string of the molecule is CC(C)(C)c1n[nH]c(C(C)(C)C)c1C(C(=O)O)c1c(C(C)(C)C)n[nH]c1C(C)(C)C. The zero-order chi connectivity index (χ0) is 23.4. The summed E-state index contributed by atoms with van der Waals surface area (Å²) in [5, 5.41) is 26.2. The lowest BCUT2D eigenvalue weighted by Crippen LogP contribution is -2.28. The molecule has 0 aliphatic heterocycles. The molecule has 0 atom stereocenters. The van der Waals surface area contributed by atoms with Gasteiger partial charge in [-0.15, -0.1) is 0 Å². The minimum atomic E-state index is -0.884. The zero-order valence-electron chi connectivity index (χ0n) is 20.8. The van der Waals surface area contributed by atoms with E-state index in [1.54, 1.807) is 0 Å². The lowest BCUT2D eigenvalue weighted by atomic mass is 9.73. The summed E-state index contributed by atoms with van der Waals surface area (Å²) in [6.07, 6.45) is 0. The van der Waals surface area contributed by atoms with E-state index in [1.165, 1.54) is 0 Å². The van der Waals surface area contributed by atoms with Crippen LogP contribution in [0, 0.1) is 0 Å². The van der Waals surface area contributed by atoms with Crippen molar-refractivity contribution in [3.05, 3.63) is 33.9 Å². The first-order valence-corrected chi connectivity index (χ1v) is 10.7. The molecule has 0 radical (unpaired) electrons. The number of nitrogens with one attached hydrogen (secondary N) is 2. The number of aliphatic carboxylic acids is 1. The summed E-state index contributed by atoms with van der Waals surface area (Å²) in [5.74, 6) is -1.75. The molecule has 0 fully saturated rings. The van der Waals surface area contributed by atoms with Crippen molar-refractivity contribution in [2.75, 3.05) is 0 Å². The first-order chi connectivity index (χ1) is 13.3. The fraction of sp³-hybridized carbons (Fsp3) is 0.708. The quantitative estimate of drug-likeness (QED) is 0.612. The molecule has 2 heterocycles. The van der Waals surface area contributed by atoms with Gasteiger partial charge in [-0.2, -0.15) is 10.2 Å². The van der Waals surface area contributed by atoms with Crippen LogP contribution < -0.4 is 0 Å². The van der Waals surface area contributed by atoms with Gasteiger partial charge in [0.2, 0.25) is 0 Å². The Morgan fingerprint density at radius 1 is 0.667 bits per heavy atom. The van der Waals surface area contributed by atoms with Crippen molar-refractivity contribution in [1.82, 2.24) is 20.4 Å². The molecule has 0 amide bonds. The van der Waals surface area contributed by atoms with Crippen LogP contribution in [0.15, 0.2) is 0 Å². The van der Waals surface area contributed by atoms with E-state index in [0.717, 1.165) is 33.9 Å². The van der Waals surface area contributed by atoms with Crippen LogP contribution >= 0.6 is 0 Å². The summed E-state index contributed by atoms with van der Waals surface area (Å²) in [5.41, 5.74) is 3.65. The third kappa shape index (κ3) is 4.47. The van der Waals surface area contributed by atoms with Crippen molar-refractivity contribution in [3.8, 4) is 0 Å². The fourth-order valence-electron chi connectivity index (χ4n) is 3.94. The van der Waals surface area contributed by atoms with E-state index in [2.05, 4.69) is 103 Å². The minimum absolute atomic E-state index is 0.285. The second-order valence-corrected chi connectivity index (χ2v) is 12.5. The van der Waals surface area contributed by atoms with E-state index >= 15 is 0 Å². The van der Waals surface area contributed by atoms with Gasteiger partial charge in [0.05, 0.1) is 11.4 Å². The maximum atomic E-state index is 12.9. The first kappa shape index (κ1) is 24.2. The van der Waals surface area contributed by atoms with Gasteiger partial charge in [0.15, 0.2) is 0 Å². The second-order valence-electron chi connectivity index (χ2n) is 12.5. The normalized spacial score (nSPS) is 13.9. The predicted octanol–water partition coefficient (Wildman–Crippen LogP) is 5.54. The Morgan fingerprint density at radius 2 is 0.967 bits per heavy atom. The predicted molar refractivity (Wildman–Crippen MR) is 121 cm³/mol. The van der Waals surface area contributed by atoms with Gasteiger partial charge in [0.25, 0.3) is 0 Å². The average molecular weight is 417 g/mol. The molecule has 2 aromatic rings. The number of hydrogen-bond donors (Lipinski definition) is 3. The molecule has 0 unspecified atom stereocenters. The molecular weight excluding hydrogens is 376 g/mol. The second kappa shape index (κ2) is 7.24. The van der Waals surface area contributed by atoms with Gasteiger partial charge in [-0.3, -0.25) is 15.0 Å². The Morgan fingerprint density at radius 3 is 1.17 bits per heavy atom. The highest BCUT2D eigenvalue weighted by molar-refractivity contribution is 5.83. The molecule has 168 valence electrons. The molecule has 30 heavy (non-hydrogen) atoms. The van der Waals surface area contributed by atoms with Gasteiger partial charge in [0, 0.05) is 44.2 Å². The third-order valence-electron chi connectivity index (χ3n) is 5.35. The molecule has 6 heteroatoms. The fourth-order valence-corrected chi connectivity index (χ4v) is 3.94. The lowest BCUT2D eigenvalue weighted by Gasteiger charge is -2.29. The topological polar surface area (TPSA) is 94.7 Å². The van der Waals surface area contributed by atoms with Gasteiger partial charge in [-0.25, -0.2) is 0 Å². The smallest absolute Gasteiger partial charge is 0.315 e. The van der Waals surface area contributed by atoms with Gasteiger partial charge in [0.1, 0.15) is 5.92 Å². The Balaban J connectivity index is 3.02. The Hall–Kier alpha value is -2.11. The van der Waals surface area contributed by atoms with Crippen molar-refractivity contribution in [1.29, 1.82) is 0 Å². The van der Waals surface area contributed by atoms with Crippen LogP contribution in [-0.2, 0) is 26.5 Å². The number of aromatic amines is 2. The molecule has 0 aliphatic carbocycles. The van der Waals surface area contributed by atoms with Gasteiger partial charge >= 0.3 is 5.97 Å². The molecule has 2 rings (SSSR count). The highest BCUT2D eigenvalue weighted by Gasteiger charge is 2.42. The molecule has 0 bridgehead atoms. The van der Waals surface area contributed by atoms with E-state index in [1.807, 2.05) is 0 Å². The van der Waals surface area contributed by atoms with Crippen LogP contribution in [0.4, 0.5) is 0 Å². The Kier molecular flexibility index (Phi) is 5.83. The molecule has 0 saturated carbocycles. The third-order valence-corrected chi connectivity index (χ3v) is 5.35. The number of aromatic nitrogens is 4. The minimum Gasteiger partial charge on any atom is -0.481 e. The number of nitrogens with zero attached hydrogens (tertiary/aromatic N) is 2. The lowest BCUT2D eigenvalue weighted by molar-refractivity contribution is -0.137. The van der Waals surface area contributed by atoms with Crippen molar-refractivity contribution < 1.29 is 9.90 Å². The maximum Gasteiger partial charge on any atom is 0.315 e. The molecular formula is C24H40N4O2. The summed E-state index contributed by atoms with van der Waals surface area (Å²) >= 11 is 0. The molecule has 6 nitrogen and oxygen atoms in total. The number of carbonyl (C=O) groups is 1. The van der Waals surface area contributed by atoms with Gasteiger partial charge in [-0.05, 0) is 0 Å². The van der Waals surface area contributed by atoms with Crippen molar-refractivity contribution in [2.24, 2.45) is 0 Å². The van der Waals surface area contributed by atoms with Crippen LogP contribution in [-0.4, -0.2) is 31.5 Å². The maximum absolute atomic E-state index is 12.9. The number of hydrogen-bond acceptors (Lipinski definition) is 3. The average Bonchev–Trinajstić information content (AvgIpc) is 3.09. The van der Waals surface area contributed by atoms with Crippen molar-refractivity contribution in [3.63, 3.8) is 0 Å². The van der Waals surface area contributed by atoms with Crippen molar-refractivity contribution in [2.45, 2.75) is 111 Å². The summed E-state index contributed by atoms with van der Waals surface area (Å²) < 4.78 is 0. The zero-order valence-corrected chi connectivity index (χ0v) is 20.8. The number of H-pyrrole nitrogens is 2. The standard InChI is InChI=1S/C24H40N4O2/c1-21(2,3)16-14(17(26-25-16)22(4,5)6)13(20(29)30)15-18(23(7,8)9)27-28-19(15)24(10,11)12/h13H,1-12H3,(H,25,26)(H,27,28)(H,29,30). The molecule has 0 saturated heterocycles. The largest absolute Gasteiger partial charge is 0.481 e. The highest BCUT2D eigenvalue weighted by atomic mass is 16.4. The molecule has 0 aromatic carbocycles. The Bertz CT molecular complexity index is 789. The van der Waals surface area contributed by atoms with E-state index < -0.39 is 11.9 Å². The number of carboxylic acids is 1. The van der Waals surface area contributed by atoms with E-state index in [4.69, 9.17) is 0 Å². The van der Waals surface area contributed by atoms with Crippen LogP contribution in [0.1, 0.15) is 123 Å². The molecule has 2 aromatic heterocycles. The summed E-state index contributed by atoms with van der Waals surface area (Å²) in [4.78, 5) is 12.9. The summed E-state index contributed by atoms with van der Waals surface area (Å²) in [6, 6.07) is 0. The number of rotatable bonds is 3. The monoisotopic (exact) mass is 416 g/mol. The van der Waals surface area contributed by atoms with Crippen LogP contribution in [0.25, 0.3) is 0 Å². The van der Waals surface area contributed by atoms with Crippen molar-refractivity contribution >= 4 is 5.97 Å². The van der Waals surface area contributed by atoms with Crippen LogP contribution in [0.5, 0.6) is 0 Å². The summed E-state index contributed by atoms with van der Waals surface area (Å²) in [6.45, 7) is 24.9. The van der Waals surface area contributed by atoms with Crippen LogP contribution in [0.2, 0.25) is 0 Å². The van der Waals surface area contributed by atoms with Gasteiger partial charge in [-0.1, -0.05) is 83.1 Å².